The Balaban J connectivity index is 2.15. The fourth-order valence-corrected chi connectivity index (χ4v) is 5.35. The zero-order chi connectivity index (χ0) is 17.7. The highest BCUT2D eigenvalue weighted by atomic mass is 32.2. The lowest BCUT2D eigenvalue weighted by Gasteiger charge is -2.24. The minimum atomic E-state index is -3.73. The molecule has 0 aromatic carbocycles. The van der Waals surface area contributed by atoms with Crippen LogP contribution in [0.25, 0.3) is 0 Å². The third kappa shape index (κ3) is 4.03. The van der Waals surface area contributed by atoms with Crippen LogP contribution in [0.15, 0.2) is 33.9 Å². The van der Waals surface area contributed by atoms with Crippen molar-refractivity contribution in [2.45, 2.75) is 42.5 Å². The second-order valence-corrected chi connectivity index (χ2v) is 8.48. The zero-order valence-electron chi connectivity index (χ0n) is 13.2. The van der Waals surface area contributed by atoms with Gasteiger partial charge in [0.15, 0.2) is 0 Å². The number of thiophene rings is 1. The second kappa shape index (κ2) is 7.91. The summed E-state index contributed by atoms with van der Waals surface area (Å²) >= 11 is 1.10. The largest absolute Gasteiger partial charge is 0.480 e. The molecule has 1 saturated heterocycles. The van der Waals surface area contributed by atoms with E-state index in [0.29, 0.717) is 12.8 Å². The van der Waals surface area contributed by atoms with E-state index in [9.17, 15) is 23.1 Å². The molecule has 1 amide bonds. The van der Waals surface area contributed by atoms with Gasteiger partial charge in [-0.25, -0.2) is 13.2 Å². The Morgan fingerprint density at radius 1 is 1.54 bits per heavy atom. The molecule has 7 nitrogen and oxygen atoms in total. The van der Waals surface area contributed by atoms with Gasteiger partial charge >= 0.3 is 5.97 Å². The average Bonchev–Trinajstić information content (AvgIpc) is 3.22. The van der Waals surface area contributed by atoms with Gasteiger partial charge in [0.2, 0.25) is 5.91 Å². The summed E-state index contributed by atoms with van der Waals surface area (Å²) in [6.07, 6.45) is 4.45. The van der Waals surface area contributed by atoms with Crippen LogP contribution in [0.1, 0.15) is 26.2 Å². The fourth-order valence-electron chi connectivity index (χ4n) is 2.58. The van der Waals surface area contributed by atoms with Crippen LogP contribution in [0.3, 0.4) is 0 Å². The van der Waals surface area contributed by atoms with Crippen molar-refractivity contribution in [1.82, 2.24) is 9.62 Å². The monoisotopic (exact) mass is 372 g/mol. The molecule has 2 atom stereocenters. The number of amides is 1. The second-order valence-electron chi connectivity index (χ2n) is 5.41. The number of carboxylic acid groups (broad SMARTS) is 1. The van der Waals surface area contributed by atoms with Crippen LogP contribution in [0.4, 0.5) is 0 Å². The van der Waals surface area contributed by atoms with Crippen LogP contribution in [-0.2, 0) is 19.6 Å². The molecule has 9 heteroatoms. The Morgan fingerprint density at radius 2 is 2.29 bits per heavy atom. The van der Waals surface area contributed by atoms with Crippen LogP contribution in [-0.4, -0.2) is 48.3 Å². The van der Waals surface area contributed by atoms with Gasteiger partial charge in [0.05, 0.1) is 0 Å². The molecule has 1 aromatic rings. The highest BCUT2D eigenvalue weighted by Gasteiger charge is 2.40. The highest BCUT2D eigenvalue weighted by Crippen LogP contribution is 2.28. The van der Waals surface area contributed by atoms with Crippen molar-refractivity contribution in [3.05, 3.63) is 29.7 Å². The predicted octanol–water partition coefficient (Wildman–Crippen LogP) is 1.44. The number of sulfonamides is 1. The Hall–Kier alpha value is -1.71. The van der Waals surface area contributed by atoms with Crippen molar-refractivity contribution in [3.8, 4) is 0 Å². The maximum absolute atomic E-state index is 12.6. The third-order valence-electron chi connectivity index (χ3n) is 3.79. The first-order chi connectivity index (χ1) is 11.4. The molecule has 2 N–H and O–H groups in total. The minimum Gasteiger partial charge on any atom is -0.480 e. The SMILES string of the molecule is C/C=C/CC(NC(=O)C1CCCN1S(=O)(=O)c1cccs1)C(=O)O. The molecule has 0 radical (unpaired) electrons. The number of hydrogen-bond donors (Lipinski definition) is 2. The van der Waals surface area contributed by atoms with Gasteiger partial charge < -0.3 is 10.4 Å². The summed E-state index contributed by atoms with van der Waals surface area (Å²) in [6, 6.07) is 1.20. The number of carbonyl (C=O) groups excluding carboxylic acids is 1. The number of carbonyl (C=O) groups is 2. The summed E-state index contributed by atoms with van der Waals surface area (Å²) in [6.45, 7) is 2.01. The summed E-state index contributed by atoms with van der Waals surface area (Å²) in [4.78, 5) is 23.7. The summed E-state index contributed by atoms with van der Waals surface area (Å²) in [5.41, 5.74) is 0. The van der Waals surface area contributed by atoms with Crippen LogP contribution in [0.2, 0.25) is 0 Å². The molecule has 0 saturated carbocycles. The topological polar surface area (TPSA) is 104 Å². The van der Waals surface area contributed by atoms with Crippen molar-refractivity contribution in [2.75, 3.05) is 6.54 Å². The number of hydrogen-bond acceptors (Lipinski definition) is 5. The molecule has 132 valence electrons. The highest BCUT2D eigenvalue weighted by molar-refractivity contribution is 7.91. The van der Waals surface area contributed by atoms with E-state index in [1.165, 1.54) is 10.4 Å². The van der Waals surface area contributed by atoms with E-state index < -0.39 is 34.0 Å². The molecule has 1 aliphatic heterocycles. The predicted molar refractivity (Wildman–Crippen MR) is 90.2 cm³/mol. The van der Waals surface area contributed by atoms with E-state index in [0.717, 1.165) is 11.3 Å². The first kappa shape index (κ1) is 18.6. The molecule has 0 spiro atoms. The van der Waals surface area contributed by atoms with Crippen LogP contribution in [0, 0.1) is 0 Å². The normalized spacial score (nSPS) is 20.3. The van der Waals surface area contributed by atoms with Crippen molar-refractivity contribution in [3.63, 3.8) is 0 Å². The van der Waals surface area contributed by atoms with Gasteiger partial charge in [0.1, 0.15) is 16.3 Å². The number of carboxylic acids is 1. The quantitative estimate of drug-likeness (QED) is 0.705. The summed E-state index contributed by atoms with van der Waals surface area (Å²) in [7, 11) is -3.73. The van der Waals surface area contributed by atoms with Gasteiger partial charge in [0, 0.05) is 6.54 Å². The van der Waals surface area contributed by atoms with E-state index in [1.807, 2.05) is 0 Å². The van der Waals surface area contributed by atoms with E-state index in [1.54, 1.807) is 30.5 Å². The molecule has 1 fully saturated rings. The maximum Gasteiger partial charge on any atom is 0.326 e. The Bertz CT molecular complexity index is 712. The molecular formula is C15H20N2O5S2. The van der Waals surface area contributed by atoms with Gasteiger partial charge in [0.25, 0.3) is 10.0 Å². The summed E-state index contributed by atoms with van der Waals surface area (Å²) in [5.74, 6) is -1.71. The van der Waals surface area contributed by atoms with Crippen LogP contribution >= 0.6 is 11.3 Å². The van der Waals surface area contributed by atoms with Gasteiger partial charge in [-0.15, -0.1) is 11.3 Å². The van der Waals surface area contributed by atoms with Gasteiger partial charge in [-0.3, -0.25) is 4.79 Å². The number of nitrogens with zero attached hydrogens (tertiary/aromatic N) is 1. The zero-order valence-corrected chi connectivity index (χ0v) is 14.8. The number of allylic oxidation sites excluding steroid dienone is 1. The maximum atomic E-state index is 12.6. The lowest BCUT2D eigenvalue weighted by molar-refractivity contribution is -0.142. The van der Waals surface area contributed by atoms with Crippen molar-refractivity contribution in [1.29, 1.82) is 0 Å². The van der Waals surface area contributed by atoms with E-state index in [2.05, 4.69) is 5.32 Å². The molecule has 2 heterocycles. The van der Waals surface area contributed by atoms with Crippen LogP contribution < -0.4 is 5.32 Å². The van der Waals surface area contributed by atoms with Crippen LogP contribution in [0.5, 0.6) is 0 Å². The number of nitrogens with one attached hydrogen (secondary N) is 1. The van der Waals surface area contributed by atoms with Crippen molar-refractivity contribution >= 4 is 33.2 Å². The molecule has 1 aromatic heterocycles. The first-order valence-electron chi connectivity index (χ1n) is 7.57. The molecule has 1 aliphatic rings. The smallest absolute Gasteiger partial charge is 0.326 e. The number of aliphatic carboxylic acids is 1. The summed E-state index contributed by atoms with van der Waals surface area (Å²) < 4.78 is 26.6. The Labute approximate surface area is 145 Å². The van der Waals surface area contributed by atoms with E-state index in [4.69, 9.17) is 0 Å². The van der Waals surface area contributed by atoms with E-state index in [-0.39, 0.29) is 17.2 Å². The first-order valence-corrected chi connectivity index (χ1v) is 9.89. The average molecular weight is 372 g/mol. The van der Waals surface area contributed by atoms with Crippen molar-refractivity contribution in [2.24, 2.45) is 0 Å². The molecule has 0 aliphatic carbocycles. The van der Waals surface area contributed by atoms with E-state index >= 15 is 0 Å². The summed E-state index contributed by atoms with van der Waals surface area (Å²) in [5, 5.41) is 13.3. The van der Waals surface area contributed by atoms with Gasteiger partial charge in [-0.2, -0.15) is 4.31 Å². The molecular weight excluding hydrogens is 352 g/mol. The minimum absolute atomic E-state index is 0.155. The lowest BCUT2D eigenvalue weighted by Crippen LogP contribution is -2.50. The molecule has 0 bridgehead atoms. The Morgan fingerprint density at radius 3 is 2.88 bits per heavy atom. The van der Waals surface area contributed by atoms with Crippen molar-refractivity contribution < 1.29 is 23.1 Å². The van der Waals surface area contributed by atoms with Gasteiger partial charge in [-0.1, -0.05) is 18.2 Å². The third-order valence-corrected chi connectivity index (χ3v) is 7.07. The molecule has 2 unspecified atom stereocenters. The van der Waals surface area contributed by atoms with Gasteiger partial charge in [-0.05, 0) is 37.6 Å². The lowest BCUT2D eigenvalue weighted by atomic mass is 10.1. The fraction of sp³-hybridized carbons (Fsp3) is 0.467. The standard InChI is InChI=1S/C15H20N2O5S2/c1-2-3-6-11(15(19)20)16-14(18)12-7-4-9-17(12)24(21,22)13-8-5-10-23-13/h2-3,5,8,10-12H,4,6-7,9H2,1H3,(H,16,18)(H,19,20)/b3-2+. The Kier molecular flexibility index (Phi) is 6.14. The number of rotatable bonds is 7. The molecule has 24 heavy (non-hydrogen) atoms. The molecule has 2 rings (SSSR count).